The minimum Gasteiger partial charge on any atom is -0.488 e. The van der Waals surface area contributed by atoms with Gasteiger partial charge in [-0.2, -0.15) is 0 Å². The Balaban J connectivity index is 1.42. The first kappa shape index (κ1) is 23.7. The highest BCUT2D eigenvalue weighted by Crippen LogP contribution is 2.37. The number of methoxy groups -OCH3 is 1. The Morgan fingerprint density at radius 3 is 2.66 bits per heavy atom. The molecule has 1 N–H and O–H groups in total. The molecule has 4 aromatic carbocycles. The molecule has 1 aliphatic rings. The van der Waals surface area contributed by atoms with E-state index in [2.05, 4.69) is 27.8 Å². The van der Waals surface area contributed by atoms with Gasteiger partial charge in [-0.05, 0) is 58.2 Å². The molecule has 6 rings (SSSR count). The Hall–Kier alpha value is -4.68. The van der Waals surface area contributed by atoms with Crippen molar-refractivity contribution in [2.45, 2.75) is 19.3 Å². The number of fused-ring (bicyclic) bond motifs is 3. The number of ether oxygens (including phenoxy) is 2. The summed E-state index contributed by atoms with van der Waals surface area (Å²) < 4.78 is 13.1. The molecule has 0 radical (unpaired) electrons. The zero-order chi connectivity index (χ0) is 26.1. The van der Waals surface area contributed by atoms with Gasteiger partial charge in [-0.15, -0.1) is 0 Å². The molecule has 1 atom stereocenters. The summed E-state index contributed by atoms with van der Waals surface area (Å²) in [5, 5.41) is 11.0. The average Bonchev–Trinajstić information content (AvgIpc) is 3.31. The molecule has 188 valence electrons. The molecule has 38 heavy (non-hydrogen) atoms. The fraction of sp³-hybridized carbons (Fsp3) is 0.125. The van der Waals surface area contributed by atoms with Gasteiger partial charge in [0.2, 0.25) is 0 Å². The molecule has 0 fully saturated rings. The predicted octanol–water partition coefficient (Wildman–Crippen LogP) is 5.93. The van der Waals surface area contributed by atoms with E-state index >= 15 is 0 Å². The Morgan fingerprint density at radius 2 is 1.82 bits per heavy atom. The lowest BCUT2D eigenvalue weighted by Crippen LogP contribution is -2.03. The number of carbonyl (C=O) groups is 1. The van der Waals surface area contributed by atoms with Crippen LogP contribution in [0.15, 0.2) is 103 Å². The molecule has 1 unspecified atom stereocenters. The number of aliphatic hydroxyl groups is 1. The van der Waals surface area contributed by atoms with Gasteiger partial charge in [0, 0.05) is 12.1 Å². The second-order valence-corrected chi connectivity index (χ2v) is 9.22. The Morgan fingerprint density at radius 1 is 1.00 bits per heavy atom. The smallest absolute Gasteiger partial charge is 0.337 e. The molecule has 0 aliphatic carbocycles. The highest BCUT2D eigenvalue weighted by atomic mass is 16.5. The lowest BCUT2D eigenvalue weighted by atomic mass is 9.93. The third-order valence-corrected chi connectivity index (χ3v) is 6.95. The zero-order valence-corrected chi connectivity index (χ0v) is 20.9. The summed E-state index contributed by atoms with van der Waals surface area (Å²) >= 11 is 0. The second-order valence-electron chi connectivity index (χ2n) is 9.22. The third-order valence-electron chi connectivity index (χ3n) is 6.95. The molecule has 0 bridgehead atoms. The predicted molar refractivity (Wildman–Crippen MR) is 146 cm³/mol. The molecule has 5 aromatic rings. The summed E-state index contributed by atoms with van der Waals surface area (Å²) in [6.07, 6.45) is 3.22. The van der Waals surface area contributed by atoms with E-state index in [0.717, 1.165) is 44.4 Å². The largest absolute Gasteiger partial charge is 0.488 e. The van der Waals surface area contributed by atoms with Crippen LogP contribution in [0.25, 0.3) is 16.6 Å². The van der Waals surface area contributed by atoms with Crippen LogP contribution >= 0.6 is 0 Å². The van der Waals surface area contributed by atoms with Crippen molar-refractivity contribution in [3.63, 3.8) is 0 Å². The molecular weight excluding hydrogens is 476 g/mol. The number of esters is 1. The van der Waals surface area contributed by atoms with Crippen molar-refractivity contribution in [2.75, 3.05) is 7.11 Å². The summed E-state index contributed by atoms with van der Waals surface area (Å²) in [6, 6.07) is 29.0. The van der Waals surface area contributed by atoms with Crippen molar-refractivity contribution in [3.05, 3.63) is 137 Å². The SMILES string of the molecule is COC(=O)c1ccc2c(c1)C(=CCn1cnc3ccc(C(O)c4ccccc4)cc31)c1ccccc1CO2. The maximum atomic E-state index is 12.3. The van der Waals surface area contributed by atoms with Crippen LogP contribution in [0.5, 0.6) is 5.75 Å². The number of nitrogens with zero attached hydrogens (tertiary/aromatic N) is 2. The highest BCUT2D eigenvalue weighted by Gasteiger charge is 2.21. The van der Waals surface area contributed by atoms with Crippen LogP contribution in [-0.2, 0) is 17.9 Å². The van der Waals surface area contributed by atoms with Crippen LogP contribution in [0.2, 0.25) is 0 Å². The van der Waals surface area contributed by atoms with E-state index in [1.165, 1.54) is 7.11 Å². The van der Waals surface area contributed by atoms with Crippen LogP contribution in [0.1, 0.15) is 44.3 Å². The number of aliphatic hydroxyl groups excluding tert-OH is 1. The van der Waals surface area contributed by atoms with Crippen molar-refractivity contribution in [2.24, 2.45) is 0 Å². The molecular formula is C32H26N2O4. The standard InChI is InChI=1S/C32H26N2O4/c1-37-32(36)23-12-14-30-27(17-23)26(25-10-6-5-9-24(25)19-38-30)15-16-34-20-33-28-13-11-22(18-29(28)34)31(35)21-7-3-2-4-8-21/h2-15,17-18,20,31,35H,16,19H2,1H3. The van der Waals surface area contributed by atoms with Crippen LogP contribution in [0, 0.1) is 0 Å². The summed E-state index contributed by atoms with van der Waals surface area (Å²) in [4.78, 5) is 16.9. The highest BCUT2D eigenvalue weighted by molar-refractivity contribution is 5.93. The fourth-order valence-electron chi connectivity index (χ4n) is 4.95. The van der Waals surface area contributed by atoms with Crippen molar-refractivity contribution >= 4 is 22.6 Å². The fourth-order valence-corrected chi connectivity index (χ4v) is 4.95. The van der Waals surface area contributed by atoms with Gasteiger partial charge in [-0.1, -0.05) is 66.7 Å². The van der Waals surface area contributed by atoms with Crippen molar-refractivity contribution < 1.29 is 19.4 Å². The Bertz CT molecular complexity index is 1670. The first-order valence-corrected chi connectivity index (χ1v) is 12.4. The number of aromatic nitrogens is 2. The molecule has 1 aliphatic heterocycles. The van der Waals surface area contributed by atoms with Crippen molar-refractivity contribution in [3.8, 4) is 5.75 Å². The van der Waals surface area contributed by atoms with Gasteiger partial charge in [0.25, 0.3) is 0 Å². The van der Waals surface area contributed by atoms with Gasteiger partial charge in [0.1, 0.15) is 18.5 Å². The van der Waals surface area contributed by atoms with Crippen molar-refractivity contribution in [1.82, 2.24) is 9.55 Å². The van der Waals surface area contributed by atoms with Crippen LogP contribution in [0.3, 0.4) is 0 Å². The van der Waals surface area contributed by atoms with Crippen LogP contribution in [-0.4, -0.2) is 27.7 Å². The van der Waals surface area contributed by atoms with Gasteiger partial charge < -0.3 is 19.1 Å². The van der Waals surface area contributed by atoms with E-state index in [1.54, 1.807) is 6.07 Å². The minimum atomic E-state index is -0.725. The van der Waals surface area contributed by atoms with Gasteiger partial charge in [0.15, 0.2) is 0 Å². The third kappa shape index (κ3) is 4.35. The number of hydrogen-bond donors (Lipinski definition) is 1. The molecule has 2 heterocycles. The van der Waals surface area contributed by atoms with E-state index in [4.69, 9.17) is 9.47 Å². The topological polar surface area (TPSA) is 73.6 Å². The number of rotatable bonds is 5. The molecule has 6 heteroatoms. The van der Waals surface area contributed by atoms with Gasteiger partial charge in [0.05, 0.1) is 30.0 Å². The second kappa shape index (κ2) is 10.00. The summed E-state index contributed by atoms with van der Waals surface area (Å²) in [5.74, 6) is 0.318. The number of imidazole rings is 1. The Kier molecular flexibility index (Phi) is 6.23. The quantitative estimate of drug-likeness (QED) is 0.302. The Labute approximate surface area is 220 Å². The van der Waals surface area contributed by atoms with Gasteiger partial charge in [-0.3, -0.25) is 0 Å². The summed E-state index contributed by atoms with van der Waals surface area (Å²) in [5.41, 5.74) is 7.82. The summed E-state index contributed by atoms with van der Waals surface area (Å²) in [6.45, 7) is 0.972. The van der Waals surface area contributed by atoms with E-state index in [-0.39, 0.29) is 0 Å². The van der Waals surface area contributed by atoms with E-state index < -0.39 is 12.1 Å². The lowest BCUT2D eigenvalue weighted by molar-refractivity contribution is 0.0600. The molecule has 0 saturated carbocycles. The number of benzene rings is 4. The molecule has 0 spiro atoms. The normalized spacial score (nSPS) is 14.3. The first-order valence-electron chi connectivity index (χ1n) is 12.4. The van der Waals surface area contributed by atoms with E-state index in [1.807, 2.05) is 79.1 Å². The van der Waals surface area contributed by atoms with Gasteiger partial charge >= 0.3 is 5.97 Å². The number of allylic oxidation sites excluding steroid dienone is 1. The summed E-state index contributed by atoms with van der Waals surface area (Å²) in [7, 11) is 1.38. The van der Waals surface area contributed by atoms with E-state index in [9.17, 15) is 9.90 Å². The average molecular weight is 503 g/mol. The maximum Gasteiger partial charge on any atom is 0.337 e. The maximum absolute atomic E-state index is 12.3. The monoisotopic (exact) mass is 502 g/mol. The molecule has 1 aromatic heterocycles. The molecule has 6 nitrogen and oxygen atoms in total. The zero-order valence-electron chi connectivity index (χ0n) is 20.9. The van der Waals surface area contributed by atoms with Gasteiger partial charge in [-0.25, -0.2) is 9.78 Å². The van der Waals surface area contributed by atoms with Crippen LogP contribution in [0.4, 0.5) is 0 Å². The number of hydrogen-bond acceptors (Lipinski definition) is 5. The lowest BCUT2D eigenvalue weighted by Gasteiger charge is -2.13. The number of carbonyl (C=O) groups excluding carboxylic acids is 1. The molecule has 0 amide bonds. The van der Waals surface area contributed by atoms with E-state index in [0.29, 0.717) is 24.5 Å². The minimum absolute atomic E-state index is 0.394. The first-order chi connectivity index (χ1) is 18.6. The van der Waals surface area contributed by atoms with Crippen LogP contribution < -0.4 is 4.74 Å². The van der Waals surface area contributed by atoms with Crippen molar-refractivity contribution in [1.29, 1.82) is 0 Å². The molecule has 0 saturated heterocycles.